The van der Waals surface area contributed by atoms with Gasteiger partial charge in [0.05, 0.1) is 11.7 Å². The van der Waals surface area contributed by atoms with Crippen LogP contribution in [-0.2, 0) is 11.8 Å². The van der Waals surface area contributed by atoms with Crippen LogP contribution in [-0.4, -0.2) is 51.6 Å². The molecule has 1 aromatic rings. The fourth-order valence-electron chi connectivity index (χ4n) is 5.00. The van der Waals surface area contributed by atoms with E-state index in [4.69, 9.17) is 0 Å². The molecule has 3 atom stereocenters. The van der Waals surface area contributed by atoms with E-state index in [1.165, 1.54) is 6.42 Å². The molecule has 2 aliphatic heterocycles. The Balaban J connectivity index is 1.38. The molecule has 3 unspecified atom stereocenters. The number of nitrogens with zero attached hydrogens (tertiary/aromatic N) is 2. The molecule has 2 N–H and O–H groups in total. The first-order chi connectivity index (χ1) is 12.4. The van der Waals surface area contributed by atoms with Crippen molar-refractivity contribution in [3.63, 3.8) is 0 Å². The highest BCUT2D eigenvalue weighted by atomic mass is 16.3. The summed E-state index contributed by atoms with van der Waals surface area (Å²) in [6, 6.07) is 2.09. The molecule has 2 aliphatic carbocycles. The number of hydrogen-bond acceptors (Lipinski definition) is 3. The molecule has 1 aromatic heterocycles. The maximum atomic E-state index is 12.8. The van der Waals surface area contributed by atoms with Crippen molar-refractivity contribution in [2.75, 3.05) is 13.1 Å². The summed E-state index contributed by atoms with van der Waals surface area (Å²) in [5, 5.41) is 12.6. The van der Waals surface area contributed by atoms with Crippen molar-refractivity contribution in [3.8, 4) is 0 Å². The van der Waals surface area contributed by atoms with Gasteiger partial charge in [-0.25, -0.2) is 0 Å². The lowest BCUT2D eigenvalue weighted by molar-refractivity contribution is -0.152. The van der Waals surface area contributed by atoms with Gasteiger partial charge in [0.15, 0.2) is 0 Å². The van der Waals surface area contributed by atoms with Crippen molar-refractivity contribution in [1.29, 1.82) is 0 Å². The Morgan fingerprint density at radius 1 is 1.27 bits per heavy atom. The SMILES string of the molecule is Cc1c(C(=O)NCC2CC3CCC2N(C(=O)C2CC(O)C2)C3)ccn1C. The summed E-state index contributed by atoms with van der Waals surface area (Å²) >= 11 is 0. The summed E-state index contributed by atoms with van der Waals surface area (Å²) in [5.41, 5.74) is 1.69. The van der Waals surface area contributed by atoms with Crippen molar-refractivity contribution in [3.05, 3.63) is 23.5 Å². The van der Waals surface area contributed by atoms with Crippen LogP contribution in [0.1, 0.15) is 48.2 Å². The quantitative estimate of drug-likeness (QED) is 0.855. The van der Waals surface area contributed by atoms with Crippen molar-refractivity contribution in [1.82, 2.24) is 14.8 Å². The van der Waals surface area contributed by atoms with E-state index in [1.54, 1.807) is 0 Å². The van der Waals surface area contributed by atoms with Crippen LogP contribution >= 0.6 is 0 Å². The number of nitrogens with one attached hydrogen (secondary N) is 1. The fraction of sp³-hybridized carbons (Fsp3) is 0.700. The van der Waals surface area contributed by atoms with Gasteiger partial charge in [-0.05, 0) is 56.9 Å². The lowest BCUT2D eigenvalue weighted by Gasteiger charge is -2.51. The highest BCUT2D eigenvalue weighted by Gasteiger charge is 2.46. The zero-order valence-corrected chi connectivity index (χ0v) is 15.6. The van der Waals surface area contributed by atoms with Crippen LogP contribution in [0.3, 0.4) is 0 Å². The van der Waals surface area contributed by atoms with Gasteiger partial charge in [-0.2, -0.15) is 0 Å². The van der Waals surface area contributed by atoms with Crippen LogP contribution < -0.4 is 5.32 Å². The zero-order chi connectivity index (χ0) is 18.4. The standard InChI is InChI=1S/C20H29N3O3/c1-12-17(5-6-22(12)2)19(25)21-10-15-7-13-3-4-18(15)23(11-13)20(26)14-8-16(24)9-14/h5-6,13-16,18,24H,3-4,7-11H2,1-2H3,(H,21,25). The number of carbonyl (C=O) groups excluding carboxylic acids is 2. The molecule has 2 saturated heterocycles. The van der Waals surface area contributed by atoms with E-state index >= 15 is 0 Å². The number of aliphatic hydroxyl groups is 1. The normalized spacial score (nSPS) is 33.0. The van der Waals surface area contributed by atoms with Crippen molar-refractivity contribution >= 4 is 11.8 Å². The summed E-state index contributed by atoms with van der Waals surface area (Å²) in [4.78, 5) is 27.4. The average Bonchev–Trinajstić information content (AvgIpc) is 2.96. The topological polar surface area (TPSA) is 74.6 Å². The average molecular weight is 359 g/mol. The van der Waals surface area contributed by atoms with Crippen molar-refractivity contribution in [2.24, 2.45) is 24.8 Å². The molecule has 0 spiro atoms. The summed E-state index contributed by atoms with van der Waals surface area (Å²) in [5.74, 6) is 1.09. The van der Waals surface area contributed by atoms with E-state index in [-0.39, 0.29) is 29.9 Å². The third kappa shape index (κ3) is 3.04. The predicted molar refractivity (Wildman–Crippen MR) is 97.5 cm³/mol. The maximum absolute atomic E-state index is 12.8. The minimum absolute atomic E-state index is 0.00607. The van der Waals surface area contributed by atoms with Crippen molar-refractivity contribution in [2.45, 2.75) is 51.2 Å². The second kappa shape index (κ2) is 6.72. The molecule has 2 saturated carbocycles. The van der Waals surface area contributed by atoms with E-state index < -0.39 is 0 Å². The van der Waals surface area contributed by atoms with E-state index in [0.717, 1.165) is 30.6 Å². The number of piperidine rings is 2. The molecule has 4 aliphatic rings. The largest absolute Gasteiger partial charge is 0.393 e. The first kappa shape index (κ1) is 17.6. The third-order valence-corrected chi connectivity index (χ3v) is 6.80. The van der Waals surface area contributed by atoms with Gasteiger partial charge >= 0.3 is 0 Å². The van der Waals surface area contributed by atoms with E-state index in [9.17, 15) is 14.7 Å². The van der Waals surface area contributed by atoms with Gasteiger partial charge in [-0.3, -0.25) is 9.59 Å². The maximum Gasteiger partial charge on any atom is 0.253 e. The smallest absolute Gasteiger partial charge is 0.253 e. The molecule has 4 fully saturated rings. The van der Waals surface area contributed by atoms with Crippen LogP contribution in [0.5, 0.6) is 0 Å². The fourth-order valence-corrected chi connectivity index (χ4v) is 5.00. The van der Waals surface area contributed by atoms with Crippen molar-refractivity contribution < 1.29 is 14.7 Å². The second-order valence-electron chi connectivity index (χ2n) is 8.46. The number of amides is 2. The monoisotopic (exact) mass is 359 g/mol. The van der Waals surface area contributed by atoms with Gasteiger partial charge in [-0.15, -0.1) is 0 Å². The van der Waals surface area contributed by atoms with Crippen LogP contribution in [0, 0.1) is 24.7 Å². The van der Waals surface area contributed by atoms with Crippen LogP contribution in [0.2, 0.25) is 0 Å². The molecule has 26 heavy (non-hydrogen) atoms. The highest BCUT2D eigenvalue weighted by Crippen LogP contribution is 2.41. The van der Waals surface area contributed by atoms with Gasteiger partial charge in [-0.1, -0.05) is 0 Å². The van der Waals surface area contributed by atoms with Gasteiger partial charge in [0.25, 0.3) is 5.91 Å². The number of aliphatic hydroxyl groups excluding tert-OH is 1. The number of aryl methyl sites for hydroxylation is 1. The van der Waals surface area contributed by atoms with Crippen LogP contribution in [0.15, 0.2) is 12.3 Å². The minimum Gasteiger partial charge on any atom is -0.393 e. The molecule has 6 nitrogen and oxygen atoms in total. The number of hydrogen-bond donors (Lipinski definition) is 2. The molecule has 0 aromatic carbocycles. The lowest BCUT2D eigenvalue weighted by atomic mass is 9.71. The van der Waals surface area contributed by atoms with Gasteiger partial charge in [0.1, 0.15) is 0 Å². The first-order valence-corrected chi connectivity index (χ1v) is 9.82. The van der Waals surface area contributed by atoms with Crippen LogP contribution in [0.25, 0.3) is 0 Å². The number of fused-ring (bicyclic) bond motifs is 3. The Morgan fingerprint density at radius 3 is 2.65 bits per heavy atom. The molecule has 0 radical (unpaired) electrons. The number of carbonyl (C=O) groups is 2. The molecule has 5 rings (SSSR count). The Kier molecular flexibility index (Phi) is 4.55. The molecule has 3 heterocycles. The second-order valence-corrected chi connectivity index (χ2v) is 8.46. The van der Waals surface area contributed by atoms with Gasteiger partial charge < -0.3 is 19.9 Å². The Hall–Kier alpha value is -1.82. The Labute approximate surface area is 154 Å². The lowest BCUT2D eigenvalue weighted by Crippen LogP contribution is -2.59. The number of aromatic nitrogens is 1. The molecule has 142 valence electrons. The van der Waals surface area contributed by atoms with E-state index in [1.807, 2.05) is 30.8 Å². The van der Waals surface area contributed by atoms with Gasteiger partial charge in [0, 0.05) is 44.0 Å². The van der Waals surface area contributed by atoms with E-state index in [0.29, 0.717) is 31.2 Å². The molecule has 2 amide bonds. The van der Waals surface area contributed by atoms with Gasteiger partial charge in [0.2, 0.25) is 5.91 Å². The number of rotatable bonds is 4. The summed E-state index contributed by atoms with van der Waals surface area (Å²) < 4.78 is 1.95. The summed E-state index contributed by atoms with van der Waals surface area (Å²) in [7, 11) is 1.94. The van der Waals surface area contributed by atoms with E-state index in [2.05, 4.69) is 10.2 Å². The highest BCUT2D eigenvalue weighted by molar-refractivity contribution is 5.95. The summed E-state index contributed by atoms with van der Waals surface area (Å²) in [6.45, 7) is 3.44. The predicted octanol–water partition coefficient (Wildman–Crippen LogP) is 1.46. The Morgan fingerprint density at radius 2 is 2.04 bits per heavy atom. The van der Waals surface area contributed by atoms with Crippen LogP contribution in [0.4, 0.5) is 0 Å². The molecule has 6 heteroatoms. The summed E-state index contributed by atoms with van der Waals surface area (Å²) in [6.07, 6.45) is 6.15. The minimum atomic E-state index is -0.296. The Bertz CT molecular complexity index is 707. The third-order valence-electron chi connectivity index (χ3n) is 6.80. The zero-order valence-electron chi connectivity index (χ0n) is 15.6. The molecule has 2 bridgehead atoms. The first-order valence-electron chi connectivity index (χ1n) is 9.82. The molecular weight excluding hydrogens is 330 g/mol. The molecular formula is C20H29N3O3.